The molecular weight excluding hydrogens is 1250 g/mol. The minimum Gasteiger partial charge on any atom is -0.504 e. The van der Waals surface area contributed by atoms with Gasteiger partial charge in [-0.1, -0.05) is 18.2 Å². The summed E-state index contributed by atoms with van der Waals surface area (Å²) in [6.45, 7) is 5.04. The number of aromatic nitrogens is 1. The molecule has 1 atom stereocenters. The average molecular weight is 1320 g/mol. The number of esters is 3. The van der Waals surface area contributed by atoms with Gasteiger partial charge in [-0.25, -0.2) is 28.6 Å². The normalized spacial score (nSPS) is 13.1. The smallest absolute Gasteiger partial charge is 0.337 e. The number of nitrogens with zero attached hydrogens (tertiary/aromatic N) is 1. The Balaban J connectivity index is 0.000000200. The van der Waals surface area contributed by atoms with Gasteiger partial charge in [0.15, 0.2) is 63.3 Å². The van der Waals surface area contributed by atoms with E-state index in [1.165, 1.54) is 112 Å². The van der Waals surface area contributed by atoms with E-state index in [0.29, 0.717) is 97.1 Å². The third-order valence-electron chi connectivity index (χ3n) is 14.0. The van der Waals surface area contributed by atoms with E-state index >= 15 is 0 Å². The molecule has 0 aliphatic heterocycles. The van der Waals surface area contributed by atoms with Crippen LogP contribution in [0.15, 0.2) is 134 Å². The molecule has 0 spiro atoms. The van der Waals surface area contributed by atoms with Gasteiger partial charge in [-0.05, 0) is 173 Å². The zero-order chi connectivity index (χ0) is 68.6. The van der Waals surface area contributed by atoms with Gasteiger partial charge >= 0.3 is 23.9 Å². The van der Waals surface area contributed by atoms with Crippen LogP contribution in [-0.4, -0.2) is 132 Å². The number of methoxy groups -OCH3 is 9. The van der Waals surface area contributed by atoms with Gasteiger partial charge in [-0.2, -0.15) is 0 Å². The van der Waals surface area contributed by atoms with Crippen molar-refractivity contribution in [1.29, 1.82) is 0 Å². The van der Waals surface area contributed by atoms with Crippen molar-refractivity contribution in [2.75, 3.05) is 64.0 Å². The lowest BCUT2D eigenvalue weighted by Crippen LogP contribution is -2.24. The number of carboxylic acid groups (broad SMARTS) is 1. The SMILES string of the molecule is C=COc1ccc(C(=O)OC)cc1OC.COC(=O)c1ccc(O)c(OC)c1.COC(=O)c1ccc(OC2CC2)c(OC)c1.COc1cc(C(=O)CCC(C)(O)c2ccc(OC)c(-c3ccc(F)c(Cl)c3)n2)ccc1OC1CC1.COc1cc(C(=O)O)ccc1OC1CC1. The number of pyridine rings is 1. The lowest BCUT2D eigenvalue weighted by Gasteiger charge is -2.24. The number of benzene rings is 6. The first-order valence-corrected chi connectivity index (χ1v) is 29.6. The standard InChI is InChI=1S/C27H27ClFNO5.C12H14O4.2C11H12O4.C9H10O4/c1-27(32,13-12-21(31)16-5-9-22(24(15-16)34-3)35-18-6-7-18)25-11-10-23(33-2)26(30-25)17-4-8-20(29)19(28)14-17;1-14-11-7-8(12(13)15-2)3-6-10(11)16-9-4-5-9;1-14-10-6-7(11(12)13)2-5-9(10)15-8-3-4-8;1-4-15-9-6-5-8(11(12)14-3)7-10(9)13-2;1-12-8-5-6(9(11)13-2)3-4-7(8)10/h4-5,8-11,14-15,18,32H,6-7,12-13H2,1-3H3;3,6-7,9H,4-5H2,1-2H3;2,5-6,8H,3-4H2,1H3,(H,12,13);4-7H,1H2,2-3H3;3-5,10H,1-2H3. The highest BCUT2D eigenvalue weighted by molar-refractivity contribution is 6.31. The van der Waals surface area contributed by atoms with Crippen LogP contribution in [0, 0.1) is 5.82 Å². The topological polar surface area (TPSA) is 279 Å². The van der Waals surface area contributed by atoms with Gasteiger partial charge in [0.25, 0.3) is 0 Å². The summed E-state index contributed by atoms with van der Waals surface area (Å²) in [5, 5.41) is 29.1. The molecule has 1 aromatic heterocycles. The molecule has 94 heavy (non-hydrogen) atoms. The summed E-state index contributed by atoms with van der Waals surface area (Å²) in [6.07, 6.45) is 8.64. The molecule has 0 saturated heterocycles. The highest BCUT2D eigenvalue weighted by Gasteiger charge is 2.30. The first-order chi connectivity index (χ1) is 45.1. The van der Waals surface area contributed by atoms with Gasteiger partial charge in [-0.3, -0.25) is 4.79 Å². The van der Waals surface area contributed by atoms with E-state index in [-0.39, 0.29) is 58.9 Å². The van der Waals surface area contributed by atoms with Crippen LogP contribution in [0.5, 0.6) is 63.2 Å². The van der Waals surface area contributed by atoms with Crippen LogP contribution in [0.25, 0.3) is 11.3 Å². The third kappa shape index (κ3) is 21.1. The summed E-state index contributed by atoms with van der Waals surface area (Å²) in [5.74, 6) is 2.21. The number of aromatic carboxylic acids is 1. The molecule has 3 saturated carbocycles. The fraction of sp³-hybridized carbons (Fsp3) is 0.314. The van der Waals surface area contributed by atoms with Crippen molar-refractivity contribution in [2.24, 2.45) is 0 Å². The Labute approximate surface area is 548 Å². The van der Waals surface area contributed by atoms with Gasteiger partial charge in [0, 0.05) is 17.5 Å². The molecule has 3 N–H and O–H groups in total. The molecule has 10 rings (SSSR count). The van der Waals surface area contributed by atoms with Crippen LogP contribution in [0.3, 0.4) is 0 Å². The summed E-state index contributed by atoms with van der Waals surface area (Å²) in [7, 11) is 13.0. The molecule has 3 aliphatic rings. The van der Waals surface area contributed by atoms with E-state index in [1.54, 1.807) is 86.8 Å². The van der Waals surface area contributed by atoms with E-state index in [2.05, 4.69) is 25.8 Å². The molecule has 24 heteroatoms. The average Bonchev–Trinajstić information content (AvgIpc) is 1.21. The molecule has 1 heterocycles. The molecule has 1 unspecified atom stereocenters. The van der Waals surface area contributed by atoms with E-state index in [1.807, 2.05) is 0 Å². The van der Waals surface area contributed by atoms with Crippen molar-refractivity contribution >= 4 is 41.3 Å². The maximum absolute atomic E-state index is 13.6. The first kappa shape index (κ1) is 72.8. The number of Topliss-reactive ketones (excluding diaryl/α,β-unsaturated/α-hetero) is 1. The maximum Gasteiger partial charge on any atom is 0.337 e. The summed E-state index contributed by atoms with van der Waals surface area (Å²) >= 11 is 5.94. The van der Waals surface area contributed by atoms with Gasteiger partial charge in [0.05, 0.1) is 122 Å². The molecule has 3 fully saturated rings. The highest BCUT2D eigenvalue weighted by atomic mass is 35.5. The molecule has 0 radical (unpaired) electrons. The number of hydrogen-bond donors (Lipinski definition) is 3. The number of ether oxygens (including phenoxy) is 13. The number of carboxylic acids is 1. The third-order valence-corrected chi connectivity index (χ3v) is 14.3. The van der Waals surface area contributed by atoms with E-state index in [0.717, 1.165) is 38.5 Å². The van der Waals surface area contributed by atoms with Crippen molar-refractivity contribution in [3.05, 3.63) is 179 Å². The largest absolute Gasteiger partial charge is 0.504 e. The second kappa shape index (κ2) is 35.0. The lowest BCUT2D eigenvalue weighted by atomic mass is 9.92. The van der Waals surface area contributed by atoms with E-state index in [4.69, 9.17) is 64.1 Å². The second-order valence-electron chi connectivity index (χ2n) is 20.9. The molecule has 3 aliphatic carbocycles. The molecule has 22 nitrogen and oxygen atoms in total. The predicted molar refractivity (Wildman–Crippen MR) is 344 cm³/mol. The number of halogens is 2. The predicted octanol–water partition coefficient (Wildman–Crippen LogP) is 13.1. The van der Waals surface area contributed by atoms with Crippen molar-refractivity contribution < 1.29 is 105 Å². The van der Waals surface area contributed by atoms with Crippen LogP contribution in [0.4, 0.5) is 4.39 Å². The number of hydrogen-bond acceptors (Lipinski definition) is 21. The minimum absolute atomic E-state index is 0.00449. The number of aromatic hydroxyl groups is 1. The Hall–Kier alpha value is -10.3. The van der Waals surface area contributed by atoms with E-state index < -0.39 is 29.3 Å². The maximum atomic E-state index is 13.6. The number of phenolic OH excluding ortho intramolecular Hbond substituents is 1. The Morgan fingerprint density at radius 2 is 0.904 bits per heavy atom. The van der Waals surface area contributed by atoms with Gasteiger partial charge in [0.1, 0.15) is 22.9 Å². The van der Waals surface area contributed by atoms with Gasteiger partial charge in [-0.15, -0.1) is 0 Å². The Kier molecular flexibility index (Phi) is 27.1. The van der Waals surface area contributed by atoms with Crippen molar-refractivity contribution in [1.82, 2.24) is 4.98 Å². The number of carbonyl (C=O) groups excluding carboxylic acids is 4. The lowest BCUT2D eigenvalue weighted by molar-refractivity contribution is 0.0397. The van der Waals surface area contributed by atoms with E-state index in [9.17, 15) is 38.6 Å². The molecule has 7 aromatic rings. The summed E-state index contributed by atoms with van der Waals surface area (Å²) in [6, 6.07) is 31.4. The Morgan fingerprint density at radius 1 is 0.521 bits per heavy atom. The number of ketones is 1. The number of carbonyl (C=O) groups is 5. The number of phenols is 1. The second-order valence-corrected chi connectivity index (χ2v) is 21.3. The quantitative estimate of drug-likeness (QED) is 0.0219. The van der Waals surface area contributed by atoms with Crippen LogP contribution in [-0.2, 0) is 19.8 Å². The van der Waals surface area contributed by atoms with Crippen molar-refractivity contribution in [3.63, 3.8) is 0 Å². The van der Waals surface area contributed by atoms with Crippen LogP contribution in [0.1, 0.15) is 116 Å². The number of rotatable bonds is 24. The summed E-state index contributed by atoms with van der Waals surface area (Å²) < 4.78 is 80.4. The van der Waals surface area contributed by atoms with Crippen molar-refractivity contribution in [2.45, 2.75) is 82.2 Å². The Bertz CT molecular complexity index is 3770. The summed E-state index contributed by atoms with van der Waals surface area (Å²) in [5.41, 5.74) is 1.80. The van der Waals surface area contributed by atoms with Gasteiger partial charge < -0.3 is 76.9 Å². The Morgan fingerprint density at radius 3 is 1.32 bits per heavy atom. The monoisotopic (exact) mass is 1320 g/mol. The molecular formula is C70H75ClFNO21. The van der Waals surface area contributed by atoms with Crippen LogP contribution < -0.4 is 47.4 Å². The molecule has 0 amide bonds. The molecule has 500 valence electrons. The number of aliphatic hydroxyl groups is 1. The zero-order valence-corrected chi connectivity index (χ0v) is 54.4. The fourth-order valence-corrected chi connectivity index (χ4v) is 8.54. The summed E-state index contributed by atoms with van der Waals surface area (Å²) in [4.78, 5) is 61.7. The van der Waals surface area contributed by atoms with Crippen LogP contribution >= 0.6 is 11.6 Å². The van der Waals surface area contributed by atoms with Gasteiger partial charge in [0.2, 0.25) is 0 Å². The fourth-order valence-electron chi connectivity index (χ4n) is 8.36. The minimum atomic E-state index is -1.40. The van der Waals surface area contributed by atoms with Crippen molar-refractivity contribution in [3.8, 4) is 74.5 Å². The first-order valence-electron chi connectivity index (χ1n) is 29.2. The highest BCUT2D eigenvalue weighted by Crippen LogP contribution is 2.39. The zero-order valence-electron chi connectivity index (χ0n) is 53.6. The van der Waals surface area contributed by atoms with Crippen LogP contribution in [0.2, 0.25) is 5.02 Å². The molecule has 6 aromatic carbocycles. The molecule has 0 bridgehead atoms.